The number of rotatable bonds is 3. The van der Waals surface area contributed by atoms with Crippen molar-refractivity contribution in [2.75, 3.05) is 0 Å². The first-order valence-corrected chi connectivity index (χ1v) is 6.94. The standard InChI is InChI=1S/C16H24O2/c1-10(2)16(11(3)4)15-9-13(17)12-7-5-6-8-14(12)18-15/h5-8,10-11,13,15-17H,9H2,1-4H3/t13-,15?/m1/s1. The van der Waals surface area contributed by atoms with Crippen LogP contribution in [0.4, 0.5) is 0 Å². The van der Waals surface area contributed by atoms with E-state index in [2.05, 4.69) is 27.7 Å². The lowest BCUT2D eigenvalue weighted by Gasteiger charge is -2.38. The second-order valence-corrected chi connectivity index (χ2v) is 6.01. The van der Waals surface area contributed by atoms with Gasteiger partial charge >= 0.3 is 0 Å². The van der Waals surface area contributed by atoms with Crippen molar-refractivity contribution >= 4 is 0 Å². The first-order chi connectivity index (χ1) is 8.50. The molecule has 0 spiro atoms. The summed E-state index contributed by atoms with van der Waals surface area (Å²) < 4.78 is 6.13. The van der Waals surface area contributed by atoms with E-state index < -0.39 is 0 Å². The predicted octanol–water partition coefficient (Wildman–Crippen LogP) is 3.80. The van der Waals surface area contributed by atoms with Gasteiger partial charge in [-0.2, -0.15) is 0 Å². The Morgan fingerprint density at radius 3 is 2.33 bits per heavy atom. The summed E-state index contributed by atoms with van der Waals surface area (Å²) in [5.41, 5.74) is 0.931. The van der Waals surface area contributed by atoms with E-state index in [1.54, 1.807) is 0 Å². The maximum atomic E-state index is 10.3. The fourth-order valence-electron chi connectivity index (χ4n) is 3.29. The lowest BCUT2D eigenvalue weighted by atomic mass is 9.78. The van der Waals surface area contributed by atoms with Crippen molar-refractivity contribution in [1.29, 1.82) is 0 Å². The molecule has 0 saturated carbocycles. The Bertz CT molecular complexity index is 390. The molecule has 1 aromatic rings. The number of hydrogen-bond donors (Lipinski definition) is 1. The predicted molar refractivity (Wildman–Crippen MR) is 73.6 cm³/mol. The molecule has 2 rings (SSSR count). The Morgan fingerprint density at radius 1 is 1.11 bits per heavy atom. The van der Waals surface area contributed by atoms with Crippen LogP contribution in [0.3, 0.4) is 0 Å². The number of aliphatic hydroxyl groups excluding tert-OH is 1. The molecule has 1 heterocycles. The Kier molecular flexibility index (Phi) is 3.96. The highest BCUT2D eigenvalue weighted by Gasteiger charge is 2.35. The molecular formula is C16H24O2. The minimum absolute atomic E-state index is 0.120. The maximum Gasteiger partial charge on any atom is 0.125 e. The van der Waals surface area contributed by atoms with E-state index in [1.807, 2.05) is 24.3 Å². The molecule has 1 aliphatic rings. The van der Waals surface area contributed by atoms with Crippen molar-refractivity contribution in [2.45, 2.75) is 46.3 Å². The SMILES string of the molecule is CC(C)C(C(C)C)C1C[C@@H](O)c2ccccc2O1. The zero-order chi connectivity index (χ0) is 13.3. The Labute approximate surface area is 110 Å². The van der Waals surface area contributed by atoms with Gasteiger partial charge in [0.05, 0.1) is 6.10 Å². The fourth-order valence-corrected chi connectivity index (χ4v) is 3.29. The largest absolute Gasteiger partial charge is 0.490 e. The van der Waals surface area contributed by atoms with Crippen LogP contribution in [-0.2, 0) is 0 Å². The Morgan fingerprint density at radius 2 is 1.72 bits per heavy atom. The highest BCUT2D eigenvalue weighted by Crippen LogP contribution is 2.40. The van der Waals surface area contributed by atoms with Crippen molar-refractivity contribution in [3.05, 3.63) is 29.8 Å². The second-order valence-electron chi connectivity index (χ2n) is 6.01. The molecule has 0 aromatic heterocycles. The summed E-state index contributed by atoms with van der Waals surface area (Å²) in [6.07, 6.45) is 0.438. The van der Waals surface area contributed by atoms with Gasteiger partial charge in [0.2, 0.25) is 0 Å². The zero-order valence-electron chi connectivity index (χ0n) is 11.8. The number of benzene rings is 1. The van der Waals surface area contributed by atoms with Crippen LogP contribution >= 0.6 is 0 Å². The minimum atomic E-state index is -0.389. The molecule has 0 radical (unpaired) electrons. The lowest BCUT2D eigenvalue weighted by molar-refractivity contribution is 0.00511. The van der Waals surface area contributed by atoms with Crippen molar-refractivity contribution < 1.29 is 9.84 Å². The van der Waals surface area contributed by atoms with Crippen molar-refractivity contribution in [2.24, 2.45) is 17.8 Å². The van der Waals surface area contributed by atoms with E-state index in [0.717, 1.165) is 11.3 Å². The summed E-state index contributed by atoms with van der Waals surface area (Å²) >= 11 is 0. The number of ether oxygens (including phenoxy) is 1. The van der Waals surface area contributed by atoms with Gasteiger partial charge in [0.15, 0.2) is 0 Å². The summed E-state index contributed by atoms with van der Waals surface area (Å²) in [7, 11) is 0. The molecule has 0 aliphatic carbocycles. The number of para-hydroxylation sites is 1. The topological polar surface area (TPSA) is 29.5 Å². The van der Waals surface area contributed by atoms with Crippen LogP contribution in [0.1, 0.15) is 45.8 Å². The van der Waals surface area contributed by atoms with Gasteiger partial charge in [-0.1, -0.05) is 45.9 Å². The van der Waals surface area contributed by atoms with E-state index >= 15 is 0 Å². The van der Waals surface area contributed by atoms with E-state index in [0.29, 0.717) is 24.2 Å². The average Bonchev–Trinajstić information content (AvgIpc) is 2.28. The molecule has 2 heteroatoms. The molecule has 1 N–H and O–H groups in total. The van der Waals surface area contributed by atoms with Crippen LogP contribution in [-0.4, -0.2) is 11.2 Å². The monoisotopic (exact) mass is 248 g/mol. The van der Waals surface area contributed by atoms with Gasteiger partial charge in [-0.05, 0) is 17.9 Å². The summed E-state index contributed by atoms with van der Waals surface area (Å²) in [6, 6.07) is 7.83. The summed E-state index contributed by atoms with van der Waals surface area (Å²) in [6.45, 7) is 8.95. The van der Waals surface area contributed by atoms with E-state index in [9.17, 15) is 5.11 Å². The van der Waals surface area contributed by atoms with Crippen LogP contribution < -0.4 is 4.74 Å². The molecule has 1 unspecified atom stereocenters. The first kappa shape index (κ1) is 13.4. The van der Waals surface area contributed by atoms with E-state index in [1.165, 1.54) is 0 Å². The average molecular weight is 248 g/mol. The van der Waals surface area contributed by atoms with Crippen LogP contribution in [0.25, 0.3) is 0 Å². The third kappa shape index (κ3) is 2.54. The molecule has 0 bridgehead atoms. The van der Waals surface area contributed by atoms with Crippen LogP contribution in [0, 0.1) is 17.8 Å². The normalized spacial score (nSPS) is 23.3. The van der Waals surface area contributed by atoms with Crippen LogP contribution in [0.15, 0.2) is 24.3 Å². The van der Waals surface area contributed by atoms with Gasteiger partial charge in [0, 0.05) is 17.9 Å². The zero-order valence-corrected chi connectivity index (χ0v) is 11.8. The molecule has 100 valence electrons. The molecular weight excluding hydrogens is 224 g/mol. The molecule has 2 atom stereocenters. The van der Waals surface area contributed by atoms with Gasteiger partial charge in [-0.25, -0.2) is 0 Å². The number of fused-ring (bicyclic) bond motifs is 1. The molecule has 2 nitrogen and oxygen atoms in total. The number of hydrogen-bond acceptors (Lipinski definition) is 2. The van der Waals surface area contributed by atoms with Gasteiger partial charge in [-0.3, -0.25) is 0 Å². The molecule has 0 amide bonds. The third-order valence-electron chi connectivity index (χ3n) is 3.98. The first-order valence-electron chi connectivity index (χ1n) is 6.94. The molecule has 0 fully saturated rings. The van der Waals surface area contributed by atoms with E-state index in [4.69, 9.17) is 4.74 Å². The molecule has 1 aromatic carbocycles. The summed E-state index contributed by atoms with van der Waals surface area (Å²) in [4.78, 5) is 0. The second kappa shape index (κ2) is 5.31. The molecule has 18 heavy (non-hydrogen) atoms. The van der Waals surface area contributed by atoms with Gasteiger partial charge in [-0.15, -0.1) is 0 Å². The molecule has 1 aliphatic heterocycles. The fraction of sp³-hybridized carbons (Fsp3) is 0.625. The van der Waals surface area contributed by atoms with Crippen LogP contribution in [0.5, 0.6) is 5.75 Å². The number of aliphatic hydroxyl groups is 1. The maximum absolute atomic E-state index is 10.3. The quantitative estimate of drug-likeness (QED) is 0.881. The smallest absolute Gasteiger partial charge is 0.125 e. The highest BCUT2D eigenvalue weighted by molar-refractivity contribution is 5.37. The highest BCUT2D eigenvalue weighted by atomic mass is 16.5. The van der Waals surface area contributed by atoms with Gasteiger partial charge in [0.25, 0.3) is 0 Å². The van der Waals surface area contributed by atoms with Gasteiger partial charge < -0.3 is 9.84 Å². The summed E-state index contributed by atoms with van der Waals surface area (Å²) in [5, 5.41) is 10.3. The van der Waals surface area contributed by atoms with Crippen LogP contribution in [0.2, 0.25) is 0 Å². The third-order valence-corrected chi connectivity index (χ3v) is 3.98. The molecule has 0 saturated heterocycles. The van der Waals surface area contributed by atoms with Crippen molar-refractivity contribution in [3.63, 3.8) is 0 Å². The van der Waals surface area contributed by atoms with E-state index in [-0.39, 0.29) is 12.2 Å². The van der Waals surface area contributed by atoms with Crippen molar-refractivity contribution in [3.8, 4) is 5.75 Å². The van der Waals surface area contributed by atoms with Crippen molar-refractivity contribution in [1.82, 2.24) is 0 Å². The van der Waals surface area contributed by atoms with Gasteiger partial charge in [0.1, 0.15) is 11.9 Å². The summed E-state index contributed by atoms with van der Waals surface area (Å²) in [5.74, 6) is 2.46. The Hall–Kier alpha value is -1.02. The lowest BCUT2D eigenvalue weighted by Crippen LogP contribution is -2.38. The minimum Gasteiger partial charge on any atom is -0.490 e. The Balaban J connectivity index is 2.24.